The van der Waals surface area contributed by atoms with Crippen molar-refractivity contribution in [2.45, 2.75) is 52.2 Å². The summed E-state index contributed by atoms with van der Waals surface area (Å²) in [5.74, 6) is 0.387. The number of carbonyl (C=O) groups is 2. The van der Waals surface area contributed by atoms with Crippen LogP contribution in [0.15, 0.2) is 24.3 Å². The molecule has 0 aromatic heterocycles. The van der Waals surface area contributed by atoms with E-state index in [1.54, 1.807) is 0 Å². The Labute approximate surface area is 137 Å². The van der Waals surface area contributed by atoms with Gasteiger partial charge < -0.3 is 21.3 Å². The van der Waals surface area contributed by atoms with Gasteiger partial charge in [-0.3, -0.25) is 0 Å². The Bertz CT molecular complexity index is 555. The van der Waals surface area contributed by atoms with Crippen molar-refractivity contribution < 1.29 is 9.59 Å². The fraction of sp³-hybridized carbons (Fsp3) is 0.529. The van der Waals surface area contributed by atoms with Gasteiger partial charge in [-0.25, -0.2) is 9.59 Å². The van der Waals surface area contributed by atoms with E-state index in [1.807, 2.05) is 31.2 Å². The van der Waals surface area contributed by atoms with Crippen molar-refractivity contribution in [1.82, 2.24) is 16.0 Å². The smallest absolute Gasteiger partial charge is 0.319 e. The van der Waals surface area contributed by atoms with Crippen LogP contribution in [0.3, 0.4) is 0 Å². The van der Waals surface area contributed by atoms with Gasteiger partial charge >= 0.3 is 12.1 Å². The Kier molecular flexibility index (Phi) is 5.84. The van der Waals surface area contributed by atoms with Gasteiger partial charge in [0.2, 0.25) is 0 Å². The minimum atomic E-state index is -0.184. The van der Waals surface area contributed by atoms with Crippen LogP contribution in [-0.2, 0) is 6.54 Å². The maximum Gasteiger partial charge on any atom is 0.319 e. The number of urea groups is 2. The van der Waals surface area contributed by atoms with Crippen LogP contribution in [0.2, 0.25) is 0 Å². The zero-order valence-corrected chi connectivity index (χ0v) is 14.0. The van der Waals surface area contributed by atoms with Crippen molar-refractivity contribution in [2.24, 2.45) is 5.92 Å². The molecule has 0 heterocycles. The summed E-state index contributed by atoms with van der Waals surface area (Å²) >= 11 is 0. The highest BCUT2D eigenvalue weighted by Gasteiger charge is 2.23. The first kappa shape index (κ1) is 17.1. The van der Waals surface area contributed by atoms with Gasteiger partial charge in [0.1, 0.15) is 0 Å². The third-order valence-corrected chi connectivity index (χ3v) is 3.91. The van der Waals surface area contributed by atoms with Crippen LogP contribution in [0.25, 0.3) is 0 Å². The molecule has 0 spiro atoms. The molecule has 0 bridgehead atoms. The van der Waals surface area contributed by atoms with Gasteiger partial charge in [-0.2, -0.15) is 0 Å². The number of anilines is 1. The van der Waals surface area contributed by atoms with E-state index >= 15 is 0 Å². The Balaban J connectivity index is 1.79. The molecule has 6 nitrogen and oxygen atoms in total. The quantitative estimate of drug-likeness (QED) is 0.650. The van der Waals surface area contributed by atoms with E-state index in [-0.39, 0.29) is 18.1 Å². The summed E-state index contributed by atoms with van der Waals surface area (Å²) in [6, 6.07) is 7.54. The first-order valence-electron chi connectivity index (χ1n) is 8.15. The van der Waals surface area contributed by atoms with E-state index in [4.69, 9.17) is 0 Å². The predicted octanol–water partition coefficient (Wildman–Crippen LogP) is 2.81. The molecule has 4 amide bonds. The third-order valence-electron chi connectivity index (χ3n) is 3.91. The summed E-state index contributed by atoms with van der Waals surface area (Å²) < 4.78 is 0. The molecule has 0 aliphatic heterocycles. The predicted molar refractivity (Wildman–Crippen MR) is 91.3 cm³/mol. The second kappa shape index (κ2) is 7.85. The fourth-order valence-electron chi connectivity index (χ4n) is 1.95. The summed E-state index contributed by atoms with van der Waals surface area (Å²) in [5.41, 5.74) is 1.65. The van der Waals surface area contributed by atoms with E-state index in [2.05, 4.69) is 35.1 Å². The van der Waals surface area contributed by atoms with E-state index < -0.39 is 0 Å². The van der Waals surface area contributed by atoms with Crippen LogP contribution in [0.1, 0.15) is 39.2 Å². The molecule has 126 valence electrons. The summed E-state index contributed by atoms with van der Waals surface area (Å²) in [6.07, 6.45) is 2.11. The van der Waals surface area contributed by atoms with Crippen LogP contribution in [0, 0.1) is 5.92 Å². The molecule has 1 aliphatic carbocycles. The second-order valence-corrected chi connectivity index (χ2v) is 6.43. The van der Waals surface area contributed by atoms with E-state index in [9.17, 15) is 9.59 Å². The monoisotopic (exact) mass is 318 g/mol. The van der Waals surface area contributed by atoms with Crippen LogP contribution in [0.5, 0.6) is 0 Å². The second-order valence-electron chi connectivity index (χ2n) is 6.43. The molecular formula is C17H26N4O2. The standard InChI is InChI=1S/C17H26N4O2/c1-11(2)12(3)19-16(22)18-10-13-5-4-6-15(9-13)21-17(23)20-14-7-8-14/h4-6,9,11-12,14H,7-8,10H2,1-3H3,(H2,18,19,22)(H2,20,21,23)/t12-/m0/s1. The molecule has 1 aromatic rings. The fourth-order valence-corrected chi connectivity index (χ4v) is 1.95. The molecule has 0 radical (unpaired) electrons. The highest BCUT2D eigenvalue weighted by molar-refractivity contribution is 5.89. The van der Waals surface area contributed by atoms with Gasteiger partial charge in [0, 0.05) is 24.3 Å². The number of nitrogens with one attached hydrogen (secondary N) is 4. The lowest BCUT2D eigenvalue weighted by molar-refractivity contribution is 0.234. The Morgan fingerprint density at radius 2 is 1.91 bits per heavy atom. The Morgan fingerprint density at radius 1 is 1.17 bits per heavy atom. The highest BCUT2D eigenvalue weighted by atomic mass is 16.2. The van der Waals surface area contributed by atoms with Crippen LogP contribution in [-0.4, -0.2) is 24.1 Å². The molecule has 6 heteroatoms. The SMILES string of the molecule is CC(C)[C@H](C)NC(=O)NCc1cccc(NC(=O)NC2CC2)c1. The normalized spacial score (nSPS) is 15.0. The molecule has 1 fully saturated rings. The molecule has 2 rings (SSSR count). The molecule has 1 aromatic carbocycles. The maximum atomic E-state index is 11.8. The van der Waals surface area contributed by atoms with Crippen molar-refractivity contribution in [1.29, 1.82) is 0 Å². The molecule has 0 unspecified atom stereocenters. The number of rotatable bonds is 6. The van der Waals surface area contributed by atoms with E-state index in [0.29, 0.717) is 18.5 Å². The van der Waals surface area contributed by atoms with Gasteiger partial charge in [-0.05, 0) is 43.4 Å². The summed E-state index contributed by atoms with van der Waals surface area (Å²) in [5, 5.41) is 11.4. The number of carbonyl (C=O) groups excluding carboxylic acids is 2. The van der Waals surface area contributed by atoms with Gasteiger partial charge in [0.15, 0.2) is 0 Å². The highest BCUT2D eigenvalue weighted by Crippen LogP contribution is 2.19. The Morgan fingerprint density at radius 3 is 2.57 bits per heavy atom. The molecule has 4 N–H and O–H groups in total. The van der Waals surface area contributed by atoms with Crippen molar-refractivity contribution in [3.63, 3.8) is 0 Å². The zero-order valence-electron chi connectivity index (χ0n) is 14.0. The van der Waals surface area contributed by atoms with Crippen molar-refractivity contribution >= 4 is 17.7 Å². The lowest BCUT2D eigenvalue weighted by Gasteiger charge is -2.18. The van der Waals surface area contributed by atoms with Crippen LogP contribution in [0.4, 0.5) is 15.3 Å². The van der Waals surface area contributed by atoms with Crippen LogP contribution >= 0.6 is 0 Å². The number of hydrogen-bond donors (Lipinski definition) is 4. The topological polar surface area (TPSA) is 82.3 Å². The van der Waals surface area contributed by atoms with Crippen molar-refractivity contribution in [3.05, 3.63) is 29.8 Å². The lowest BCUT2D eigenvalue weighted by atomic mass is 10.1. The summed E-state index contributed by atoms with van der Waals surface area (Å²) in [4.78, 5) is 23.5. The number of hydrogen-bond acceptors (Lipinski definition) is 2. The van der Waals surface area contributed by atoms with Crippen molar-refractivity contribution in [3.8, 4) is 0 Å². The van der Waals surface area contributed by atoms with Gasteiger partial charge in [-0.15, -0.1) is 0 Å². The third kappa shape index (κ3) is 6.18. The molecule has 1 saturated carbocycles. The van der Waals surface area contributed by atoms with E-state index in [1.165, 1.54) is 0 Å². The molecular weight excluding hydrogens is 292 g/mol. The first-order chi connectivity index (χ1) is 10.9. The number of benzene rings is 1. The number of amides is 4. The van der Waals surface area contributed by atoms with Crippen molar-refractivity contribution in [2.75, 3.05) is 5.32 Å². The summed E-state index contributed by atoms with van der Waals surface area (Å²) in [7, 11) is 0. The maximum absolute atomic E-state index is 11.8. The minimum absolute atomic E-state index is 0.120. The largest absolute Gasteiger partial charge is 0.335 e. The molecule has 23 heavy (non-hydrogen) atoms. The zero-order chi connectivity index (χ0) is 16.8. The minimum Gasteiger partial charge on any atom is -0.335 e. The Hall–Kier alpha value is -2.24. The average Bonchev–Trinajstić information content (AvgIpc) is 3.29. The molecule has 1 atom stereocenters. The lowest BCUT2D eigenvalue weighted by Crippen LogP contribution is -2.42. The van der Waals surface area contributed by atoms with Gasteiger partial charge in [0.25, 0.3) is 0 Å². The molecule has 0 saturated heterocycles. The van der Waals surface area contributed by atoms with Gasteiger partial charge in [-0.1, -0.05) is 26.0 Å². The first-order valence-corrected chi connectivity index (χ1v) is 8.15. The van der Waals surface area contributed by atoms with E-state index in [0.717, 1.165) is 24.1 Å². The summed E-state index contributed by atoms with van der Waals surface area (Å²) in [6.45, 7) is 6.52. The average molecular weight is 318 g/mol. The van der Waals surface area contributed by atoms with Crippen LogP contribution < -0.4 is 21.3 Å². The molecule has 1 aliphatic rings. The van der Waals surface area contributed by atoms with Gasteiger partial charge in [0.05, 0.1) is 0 Å².